The SMILES string of the molecule is Nc1ncccc1CN1C[C@H]2CC[C@@H]1CN(Cc1ccccc1)C2. The van der Waals surface area contributed by atoms with E-state index in [1.54, 1.807) is 6.20 Å². The molecule has 4 heteroatoms. The van der Waals surface area contributed by atoms with E-state index >= 15 is 0 Å². The lowest BCUT2D eigenvalue weighted by Gasteiger charge is -2.36. The molecule has 0 radical (unpaired) electrons. The molecular formula is C20H26N4. The van der Waals surface area contributed by atoms with E-state index in [0.29, 0.717) is 11.9 Å². The van der Waals surface area contributed by atoms with Gasteiger partial charge in [-0.3, -0.25) is 9.80 Å². The van der Waals surface area contributed by atoms with Gasteiger partial charge in [0.05, 0.1) is 0 Å². The fourth-order valence-electron chi connectivity index (χ4n) is 4.24. The number of fused-ring (bicyclic) bond motifs is 4. The van der Waals surface area contributed by atoms with E-state index in [9.17, 15) is 0 Å². The largest absolute Gasteiger partial charge is 0.383 e. The number of nitrogens with two attached hydrogens (primary N) is 1. The van der Waals surface area contributed by atoms with Gasteiger partial charge in [-0.25, -0.2) is 4.98 Å². The van der Waals surface area contributed by atoms with Gasteiger partial charge in [-0.1, -0.05) is 36.4 Å². The van der Waals surface area contributed by atoms with Gasteiger partial charge in [0.1, 0.15) is 5.82 Å². The molecular weight excluding hydrogens is 296 g/mol. The van der Waals surface area contributed by atoms with Crippen molar-refractivity contribution in [2.45, 2.75) is 32.0 Å². The predicted octanol–water partition coefficient (Wildman–Crippen LogP) is 2.76. The minimum Gasteiger partial charge on any atom is -0.383 e. The van der Waals surface area contributed by atoms with Crippen molar-refractivity contribution < 1.29 is 0 Å². The van der Waals surface area contributed by atoms with Crippen molar-refractivity contribution in [3.63, 3.8) is 0 Å². The number of piperidine rings is 1. The van der Waals surface area contributed by atoms with Crippen LogP contribution in [0.2, 0.25) is 0 Å². The van der Waals surface area contributed by atoms with Crippen LogP contribution in [0.4, 0.5) is 5.82 Å². The monoisotopic (exact) mass is 322 g/mol. The van der Waals surface area contributed by atoms with Gasteiger partial charge in [-0.2, -0.15) is 0 Å². The summed E-state index contributed by atoms with van der Waals surface area (Å²) >= 11 is 0. The summed E-state index contributed by atoms with van der Waals surface area (Å²) in [5, 5.41) is 0. The highest BCUT2D eigenvalue weighted by Gasteiger charge is 2.34. The van der Waals surface area contributed by atoms with E-state index in [-0.39, 0.29) is 0 Å². The molecule has 5 rings (SSSR count). The van der Waals surface area contributed by atoms with Crippen molar-refractivity contribution in [1.82, 2.24) is 14.8 Å². The van der Waals surface area contributed by atoms with Crippen LogP contribution in [-0.4, -0.2) is 40.5 Å². The number of nitrogens with zero attached hydrogens (tertiary/aromatic N) is 3. The Kier molecular flexibility index (Phi) is 4.50. The number of anilines is 1. The highest BCUT2D eigenvalue weighted by Crippen LogP contribution is 2.30. The highest BCUT2D eigenvalue weighted by molar-refractivity contribution is 5.38. The minimum atomic E-state index is 0.632. The number of benzene rings is 1. The second-order valence-electron chi connectivity index (χ2n) is 7.25. The fraction of sp³-hybridized carbons (Fsp3) is 0.450. The third-order valence-electron chi connectivity index (χ3n) is 5.45. The van der Waals surface area contributed by atoms with Crippen LogP contribution in [0.25, 0.3) is 0 Å². The van der Waals surface area contributed by atoms with Gasteiger partial charge in [0.15, 0.2) is 0 Å². The molecule has 4 nitrogen and oxygen atoms in total. The van der Waals surface area contributed by atoms with Gasteiger partial charge >= 0.3 is 0 Å². The van der Waals surface area contributed by atoms with E-state index in [4.69, 9.17) is 5.73 Å². The summed E-state index contributed by atoms with van der Waals surface area (Å²) in [4.78, 5) is 9.52. The van der Waals surface area contributed by atoms with Crippen molar-refractivity contribution in [3.8, 4) is 0 Å². The molecule has 0 amide bonds. The quantitative estimate of drug-likeness (QED) is 0.940. The molecule has 0 saturated carbocycles. The maximum Gasteiger partial charge on any atom is 0.127 e. The Morgan fingerprint density at radius 2 is 1.83 bits per heavy atom. The number of rotatable bonds is 4. The van der Waals surface area contributed by atoms with Gasteiger partial charge < -0.3 is 5.73 Å². The zero-order chi connectivity index (χ0) is 16.4. The summed E-state index contributed by atoms with van der Waals surface area (Å²) in [6, 6.07) is 15.6. The van der Waals surface area contributed by atoms with Crippen molar-refractivity contribution >= 4 is 5.82 Å². The number of nitrogen functional groups attached to an aromatic ring is 1. The van der Waals surface area contributed by atoms with Gasteiger partial charge in [0.25, 0.3) is 0 Å². The zero-order valence-corrected chi connectivity index (χ0v) is 14.1. The summed E-state index contributed by atoms with van der Waals surface area (Å²) in [7, 11) is 0. The molecule has 126 valence electrons. The summed E-state index contributed by atoms with van der Waals surface area (Å²) < 4.78 is 0. The van der Waals surface area contributed by atoms with Crippen LogP contribution >= 0.6 is 0 Å². The summed E-state index contributed by atoms with van der Waals surface area (Å²) in [6.07, 6.45) is 4.43. The second kappa shape index (κ2) is 6.91. The van der Waals surface area contributed by atoms with E-state index in [0.717, 1.165) is 25.6 Å². The molecule has 24 heavy (non-hydrogen) atoms. The van der Waals surface area contributed by atoms with E-state index < -0.39 is 0 Å². The van der Waals surface area contributed by atoms with Gasteiger partial charge in [0, 0.05) is 50.5 Å². The molecule has 3 aliphatic rings. The molecule has 3 aliphatic heterocycles. The second-order valence-corrected chi connectivity index (χ2v) is 7.25. The predicted molar refractivity (Wildman–Crippen MR) is 97.3 cm³/mol. The lowest BCUT2D eigenvalue weighted by molar-refractivity contribution is 0.123. The average molecular weight is 322 g/mol. The van der Waals surface area contributed by atoms with Crippen molar-refractivity contribution in [1.29, 1.82) is 0 Å². The van der Waals surface area contributed by atoms with E-state index in [2.05, 4.69) is 51.2 Å². The standard InChI is InChI=1S/C20H26N4/c21-20-18(7-4-10-22-20)14-24-13-17-8-9-19(24)15-23(12-17)11-16-5-2-1-3-6-16/h1-7,10,17,19H,8-9,11-15H2,(H2,21,22)/t17-,19+/m0/s1. The van der Waals surface area contributed by atoms with Crippen molar-refractivity contribution in [3.05, 3.63) is 59.8 Å². The van der Waals surface area contributed by atoms with E-state index in [1.165, 1.54) is 37.1 Å². The Balaban J connectivity index is 1.46. The zero-order valence-electron chi connectivity index (χ0n) is 14.1. The maximum absolute atomic E-state index is 6.06. The highest BCUT2D eigenvalue weighted by atomic mass is 15.3. The van der Waals surface area contributed by atoms with Crippen LogP contribution < -0.4 is 5.73 Å². The summed E-state index contributed by atoms with van der Waals surface area (Å²) in [5.41, 5.74) is 8.64. The average Bonchev–Trinajstić information content (AvgIpc) is 2.88. The van der Waals surface area contributed by atoms with Crippen LogP contribution in [0.3, 0.4) is 0 Å². The molecule has 0 spiro atoms. The lowest BCUT2D eigenvalue weighted by Crippen LogP contribution is -2.43. The van der Waals surface area contributed by atoms with Crippen LogP contribution in [-0.2, 0) is 13.1 Å². The molecule has 3 fully saturated rings. The molecule has 1 aromatic carbocycles. The first-order valence-corrected chi connectivity index (χ1v) is 8.97. The normalized spacial score (nSPS) is 24.8. The summed E-state index contributed by atoms with van der Waals surface area (Å²) in [5.74, 6) is 1.45. The van der Waals surface area contributed by atoms with Gasteiger partial charge in [0.2, 0.25) is 0 Å². The topological polar surface area (TPSA) is 45.4 Å². The smallest absolute Gasteiger partial charge is 0.127 e. The Morgan fingerprint density at radius 1 is 0.958 bits per heavy atom. The molecule has 0 unspecified atom stereocenters. The first kappa shape index (κ1) is 15.6. The molecule has 2 bridgehead atoms. The Labute approximate surface area is 144 Å². The molecule has 1 aromatic heterocycles. The third-order valence-corrected chi connectivity index (χ3v) is 5.45. The van der Waals surface area contributed by atoms with Crippen LogP contribution in [0, 0.1) is 5.92 Å². The van der Waals surface area contributed by atoms with Crippen LogP contribution in [0.15, 0.2) is 48.7 Å². The van der Waals surface area contributed by atoms with Crippen LogP contribution in [0.5, 0.6) is 0 Å². The van der Waals surface area contributed by atoms with Crippen molar-refractivity contribution in [2.24, 2.45) is 5.92 Å². The molecule has 3 saturated heterocycles. The Bertz CT molecular complexity index is 672. The first-order valence-electron chi connectivity index (χ1n) is 8.97. The number of hydrogen-bond donors (Lipinski definition) is 1. The van der Waals surface area contributed by atoms with Crippen LogP contribution in [0.1, 0.15) is 24.0 Å². The number of aromatic nitrogens is 1. The molecule has 4 heterocycles. The Hall–Kier alpha value is -1.91. The molecule has 2 atom stereocenters. The third kappa shape index (κ3) is 3.45. The van der Waals surface area contributed by atoms with E-state index in [1.807, 2.05) is 6.07 Å². The first-order chi connectivity index (χ1) is 11.8. The molecule has 2 aromatic rings. The summed E-state index contributed by atoms with van der Waals surface area (Å²) in [6.45, 7) is 5.55. The number of hydrogen-bond acceptors (Lipinski definition) is 4. The van der Waals surface area contributed by atoms with Gasteiger partial charge in [-0.05, 0) is 30.4 Å². The molecule has 2 N–H and O–H groups in total. The van der Waals surface area contributed by atoms with Crippen molar-refractivity contribution in [2.75, 3.05) is 25.4 Å². The minimum absolute atomic E-state index is 0.632. The lowest BCUT2D eigenvalue weighted by atomic mass is 9.94. The number of pyridine rings is 1. The Morgan fingerprint density at radius 3 is 2.67 bits per heavy atom. The molecule has 0 aliphatic carbocycles. The fourth-order valence-corrected chi connectivity index (χ4v) is 4.24. The van der Waals surface area contributed by atoms with Gasteiger partial charge in [-0.15, -0.1) is 0 Å². The maximum atomic E-state index is 6.06.